The number of carbonyl (C=O) groups excluding carboxylic acids is 1. The van der Waals surface area contributed by atoms with Crippen LogP contribution in [-0.2, 0) is 11.3 Å². The van der Waals surface area contributed by atoms with E-state index in [9.17, 15) is 4.79 Å². The minimum absolute atomic E-state index is 0.0623. The number of rotatable bonds is 3. The average molecular weight is 395 g/mol. The van der Waals surface area contributed by atoms with Gasteiger partial charge < -0.3 is 14.2 Å². The van der Waals surface area contributed by atoms with Crippen molar-refractivity contribution in [2.24, 2.45) is 11.3 Å². The van der Waals surface area contributed by atoms with Gasteiger partial charge >= 0.3 is 6.09 Å². The van der Waals surface area contributed by atoms with Crippen LogP contribution in [0.4, 0.5) is 10.5 Å². The monoisotopic (exact) mass is 394 g/mol. The van der Waals surface area contributed by atoms with Gasteiger partial charge in [0.15, 0.2) is 5.69 Å². The van der Waals surface area contributed by atoms with Gasteiger partial charge in [-0.25, -0.2) is 14.6 Å². The van der Waals surface area contributed by atoms with Gasteiger partial charge in [-0.2, -0.15) is 0 Å². The molecule has 1 saturated heterocycles. The lowest BCUT2D eigenvalue weighted by molar-refractivity contribution is 0.00413. The van der Waals surface area contributed by atoms with Crippen molar-refractivity contribution in [3.8, 4) is 0 Å². The van der Waals surface area contributed by atoms with Crippen molar-refractivity contribution in [3.05, 3.63) is 35.4 Å². The zero-order valence-electron chi connectivity index (χ0n) is 17.9. The molecule has 2 aromatic rings. The SMILES string of the molecule is [C-]#[N+]c1cc(C)c2ncn(C[C@H]3CCC[C@]4(C3)CN(CC(C)(C)C)C(=O)O4)c2c1. The van der Waals surface area contributed by atoms with Gasteiger partial charge in [-0.15, -0.1) is 0 Å². The molecule has 6 nitrogen and oxygen atoms in total. The molecule has 0 radical (unpaired) electrons. The van der Waals surface area contributed by atoms with Crippen molar-refractivity contribution >= 4 is 22.8 Å². The van der Waals surface area contributed by atoms with E-state index in [1.54, 1.807) is 0 Å². The van der Waals surface area contributed by atoms with Crippen LogP contribution in [0.1, 0.15) is 52.0 Å². The first-order valence-corrected chi connectivity index (χ1v) is 10.5. The molecule has 2 heterocycles. The first kappa shape index (κ1) is 19.8. The van der Waals surface area contributed by atoms with Gasteiger partial charge in [-0.05, 0) is 55.6 Å². The molecule has 1 aliphatic heterocycles. The highest BCUT2D eigenvalue weighted by molar-refractivity contribution is 5.83. The molecule has 1 spiro atoms. The minimum atomic E-state index is -0.348. The maximum Gasteiger partial charge on any atom is 0.410 e. The molecule has 154 valence electrons. The summed E-state index contributed by atoms with van der Waals surface area (Å²) in [6.45, 7) is 18.1. The van der Waals surface area contributed by atoms with Crippen LogP contribution < -0.4 is 0 Å². The Morgan fingerprint density at radius 2 is 2.17 bits per heavy atom. The summed E-state index contributed by atoms with van der Waals surface area (Å²) in [6, 6.07) is 3.83. The summed E-state index contributed by atoms with van der Waals surface area (Å²) >= 11 is 0. The smallest absolute Gasteiger partial charge is 0.410 e. The summed E-state index contributed by atoms with van der Waals surface area (Å²) in [5.74, 6) is 0.431. The number of aryl methyl sites for hydroxylation is 1. The third-order valence-electron chi connectivity index (χ3n) is 6.10. The Morgan fingerprint density at radius 1 is 1.38 bits per heavy atom. The summed E-state index contributed by atoms with van der Waals surface area (Å²) in [4.78, 5) is 22.6. The fourth-order valence-corrected chi connectivity index (χ4v) is 5.03. The van der Waals surface area contributed by atoms with E-state index in [1.807, 2.05) is 30.3 Å². The van der Waals surface area contributed by atoms with Crippen LogP contribution in [-0.4, -0.2) is 39.2 Å². The van der Waals surface area contributed by atoms with Crippen molar-refractivity contribution in [1.82, 2.24) is 14.5 Å². The number of imidazole rings is 1. The summed E-state index contributed by atoms with van der Waals surface area (Å²) < 4.78 is 8.13. The first-order chi connectivity index (χ1) is 13.7. The molecular formula is C23H30N4O2. The van der Waals surface area contributed by atoms with E-state index in [4.69, 9.17) is 11.3 Å². The molecule has 2 aliphatic rings. The van der Waals surface area contributed by atoms with E-state index in [0.29, 0.717) is 18.2 Å². The standard InChI is InChI=1S/C23H30N4O2/c1-16-9-18(24-5)10-19-20(16)25-15-26(19)12-17-7-6-8-23(11-17)14-27(21(28)29-23)13-22(2,3)4/h9-10,15,17H,6-8,11-14H2,1-4H3/t17-,23-/m0/s1. The number of benzene rings is 1. The topological polar surface area (TPSA) is 51.7 Å². The van der Waals surface area contributed by atoms with Crippen molar-refractivity contribution in [1.29, 1.82) is 0 Å². The van der Waals surface area contributed by atoms with Crippen LogP contribution in [0.5, 0.6) is 0 Å². The second-order valence-corrected chi connectivity index (χ2v) is 10.1. The fourth-order valence-electron chi connectivity index (χ4n) is 5.03. The number of hydrogen-bond donors (Lipinski definition) is 0. The molecule has 0 N–H and O–H groups in total. The highest BCUT2D eigenvalue weighted by Crippen LogP contribution is 2.41. The average Bonchev–Trinajstić information content (AvgIpc) is 3.15. The summed E-state index contributed by atoms with van der Waals surface area (Å²) in [5, 5.41) is 0. The second-order valence-electron chi connectivity index (χ2n) is 10.1. The van der Waals surface area contributed by atoms with Gasteiger partial charge in [-0.1, -0.05) is 26.8 Å². The van der Waals surface area contributed by atoms with Crippen LogP contribution in [0.3, 0.4) is 0 Å². The summed E-state index contributed by atoms with van der Waals surface area (Å²) in [7, 11) is 0. The first-order valence-electron chi connectivity index (χ1n) is 10.5. The van der Waals surface area contributed by atoms with E-state index < -0.39 is 0 Å². The quantitative estimate of drug-likeness (QED) is 0.662. The Hall–Kier alpha value is -2.55. The molecule has 0 bridgehead atoms. The molecule has 2 fully saturated rings. The van der Waals surface area contributed by atoms with Gasteiger partial charge in [0.1, 0.15) is 5.60 Å². The van der Waals surface area contributed by atoms with Crippen LogP contribution in [0.25, 0.3) is 15.9 Å². The number of carbonyl (C=O) groups is 1. The van der Waals surface area contributed by atoms with Gasteiger partial charge in [0.05, 0.1) is 30.5 Å². The zero-order valence-corrected chi connectivity index (χ0v) is 17.9. The molecule has 29 heavy (non-hydrogen) atoms. The molecule has 6 heteroatoms. The predicted molar refractivity (Wildman–Crippen MR) is 113 cm³/mol. The normalized spacial score (nSPS) is 24.9. The maximum atomic E-state index is 12.5. The van der Waals surface area contributed by atoms with E-state index in [0.717, 1.165) is 55.4 Å². The molecular weight excluding hydrogens is 364 g/mol. The lowest BCUT2D eigenvalue weighted by atomic mass is 9.77. The summed E-state index contributed by atoms with van der Waals surface area (Å²) in [6.07, 6.45) is 5.76. The van der Waals surface area contributed by atoms with Crippen molar-refractivity contribution in [2.45, 2.75) is 65.5 Å². The Bertz CT molecular complexity index is 981. The zero-order chi connectivity index (χ0) is 20.8. The van der Waals surface area contributed by atoms with Crippen LogP contribution in [0, 0.1) is 24.8 Å². The van der Waals surface area contributed by atoms with Gasteiger partial charge in [0.2, 0.25) is 0 Å². The largest absolute Gasteiger partial charge is 0.441 e. The van der Waals surface area contributed by atoms with E-state index >= 15 is 0 Å². The van der Waals surface area contributed by atoms with Gasteiger partial charge in [-0.3, -0.25) is 0 Å². The number of fused-ring (bicyclic) bond motifs is 1. The van der Waals surface area contributed by atoms with Crippen LogP contribution in [0.15, 0.2) is 18.5 Å². The molecule has 1 aromatic heterocycles. The number of nitrogens with zero attached hydrogens (tertiary/aromatic N) is 4. The Labute approximate surface area is 172 Å². The van der Waals surface area contributed by atoms with E-state index in [-0.39, 0.29) is 17.1 Å². The highest BCUT2D eigenvalue weighted by Gasteiger charge is 2.48. The Balaban J connectivity index is 1.52. The highest BCUT2D eigenvalue weighted by atomic mass is 16.6. The molecule has 1 aliphatic carbocycles. The van der Waals surface area contributed by atoms with Crippen LogP contribution >= 0.6 is 0 Å². The van der Waals surface area contributed by atoms with Gasteiger partial charge in [0, 0.05) is 13.1 Å². The Kier molecular flexibility index (Phi) is 4.80. The number of hydrogen-bond acceptors (Lipinski definition) is 3. The number of ether oxygens (including phenoxy) is 1. The second kappa shape index (κ2) is 7.05. The Morgan fingerprint density at radius 3 is 2.90 bits per heavy atom. The minimum Gasteiger partial charge on any atom is -0.441 e. The molecule has 1 aromatic carbocycles. The molecule has 2 atom stereocenters. The third kappa shape index (κ3) is 3.96. The lowest BCUT2D eigenvalue weighted by Gasteiger charge is -2.36. The van der Waals surface area contributed by atoms with Crippen molar-refractivity contribution < 1.29 is 9.53 Å². The van der Waals surface area contributed by atoms with Gasteiger partial charge in [0.25, 0.3) is 0 Å². The molecule has 1 amide bonds. The summed E-state index contributed by atoms with van der Waals surface area (Å²) in [5.41, 5.74) is 3.39. The third-order valence-corrected chi connectivity index (χ3v) is 6.10. The number of aromatic nitrogens is 2. The van der Waals surface area contributed by atoms with E-state index in [1.165, 1.54) is 0 Å². The lowest BCUT2D eigenvalue weighted by Crippen LogP contribution is -2.41. The van der Waals surface area contributed by atoms with Crippen molar-refractivity contribution in [3.63, 3.8) is 0 Å². The molecule has 1 saturated carbocycles. The van der Waals surface area contributed by atoms with Crippen LogP contribution in [0.2, 0.25) is 0 Å². The van der Waals surface area contributed by atoms with Crippen molar-refractivity contribution in [2.75, 3.05) is 13.1 Å². The van der Waals surface area contributed by atoms with E-state index in [2.05, 4.69) is 35.2 Å². The molecule has 4 rings (SSSR count). The molecule has 0 unspecified atom stereocenters. The fraction of sp³-hybridized carbons (Fsp3) is 0.609. The number of amides is 1. The maximum absolute atomic E-state index is 12.5. The predicted octanol–water partition coefficient (Wildman–Crippen LogP) is 5.32.